The van der Waals surface area contributed by atoms with Gasteiger partial charge in [0.05, 0.1) is 13.2 Å². The molecule has 2 N–H and O–H groups in total. The van der Waals surface area contributed by atoms with Gasteiger partial charge in [0.1, 0.15) is 15.6 Å². The number of aromatic amines is 1. The lowest BCUT2D eigenvalue weighted by molar-refractivity contribution is -0.366. The zero-order valence-corrected chi connectivity index (χ0v) is 20.1. The Balaban J connectivity index is 1.57. The minimum Gasteiger partial charge on any atom is -0.465 e. The second-order valence-corrected chi connectivity index (χ2v) is 9.76. The van der Waals surface area contributed by atoms with Crippen LogP contribution < -0.4 is 15.9 Å². The van der Waals surface area contributed by atoms with Crippen molar-refractivity contribution in [3.05, 3.63) is 64.7 Å². The van der Waals surface area contributed by atoms with Crippen LogP contribution in [-0.4, -0.2) is 28.4 Å². The molecule has 0 bridgehead atoms. The summed E-state index contributed by atoms with van der Waals surface area (Å²) in [6.07, 6.45) is 1.60. The molecule has 0 aliphatic heterocycles. The number of esters is 1. The number of H-pyrrole nitrogens is 1. The Morgan fingerprint density at radius 1 is 1.12 bits per heavy atom. The van der Waals surface area contributed by atoms with Gasteiger partial charge in [-0.25, -0.2) is 9.78 Å². The van der Waals surface area contributed by atoms with Gasteiger partial charge in [-0.3, -0.25) is 4.79 Å². The van der Waals surface area contributed by atoms with Crippen LogP contribution in [0.1, 0.15) is 39.9 Å². The summed E-state index contributed by atoms with van der Waals surface area (Å²) in [5, 5.41) is 4.13. The molecular weight excluding hydrogens is 422 g/mol. The molecule has 0 saturated carbocycles. The van der Waals surface area contributed by atoms with Gasteiger partial charge < -0.3 is 10.1 Å². The van der Waals surface area contributed by atoms with E-state index in [1.165, 1.54) is 11.8 Å². The zero-order valence-electron chi connectivity index (χ0n) is 19.2. The highest BCUT2D eigenvalue weighted by atomic mass is 32.2. The maximum absolute atomic E-state index is 12.9. The van der Waals surface area contributed by atoms with E-state index in [2.05, 4.69) is 17.2 Å². The molecular formula is C25H32N3O3S+. The van der Waals surface area contributed by atoms with Crippen LogP contribution in [0.15, 0.2) is 58.2 Å². The molecule has 0 aliphatic rings. The Hall–Kier alpha value is -2.80. The highest BCUT2D eigenvalue weighted by Crippen LogP contribution is 2.34. The van der Waals surface area contributed by atoms with Crippen LogP contribution in [0.4, 0.5) is 5.69 Å². The molecule has 0 amide bonds. The highest BCUT2D eigenvalue weighted by molar-refractivity contribution is 8.01. The lowest BCUT2D eigenvalue weighted by Gasteiger charge is -2.21. The van der Waals surface area contributed by atoms with Crippen molar-refractivity contribution in [1.82, 2.24) is 4.57 Å². The fourth-order valence-corrected chi connectivity index (χ4v) is 4.54. The molecule has 0 spiro atoms. The summed E-state index contributed by atoms with van der Waals surface area (Å²) in [6.45, 7) is 9.40. The quantitative estimate of drug-likeness (QED) is 0.281. The van der Waals surface area contributed by atoms with Crippen molar-refractivity contribution >= 4 is 34.3 Å². The van der Waals surface area contributed by atoms with Crippen molar-refractivity contribution in [1.29, 1.82) is 0 Å². The number of hydrogen-bond acceptors (Lipinski definition) is 5. The zero-order chi connectivity index (χ0) is 23.1. The van der Waals surface area contributed by atoms with Gasteiger partial charge in [-0.1, -0.05) is 19.1 Å². The van der Waals surface area contributed by atoms with E-state index in [0.29, 0.717) is 13.2 Å². The van der Waals surface area contributed by atoms with Gasteiger partial charge in [0, 0.05) is 30.0 Å². The first kappa shape index (κ1) is 23.9. The summed E-state index contributed by atoms with van der Waals surface area (Å²) < 4.78 is 6.37. The second-order valence-electron chi connectivity index (χ2n) is 8.07. The number of anilines is 1. The molecule has 1 heterocycles. The molecule has 170 valence electrons. The Bertz CT molecular complexity index is 1120. The summed E-state index contributed by atoms with van der Waals surface area (Å²) in [4.78, 5) is 29.4. The SMILES string of the molecule is CCOC(=O)C(C)(C)Sc1ccc(NCCCn2c(CC)[nH+]c3ccccc3c2=O)cc1. The van der Waals surface area contributed by atoms with Gasteiger partial charge in [0.25, 0.3) is 5.82 Å². The Labute approximate surface area is 193 Å². The lowest BCUT2D eigenvalue weighted by Crippen LogP contribution is -2.32. The average molecular weight is 455 g/mol. The monoisotopic (exact) mass is 454 g/mol. The van der Waals surface area contributed by atoms with E-state index in [0.717, 1.165) is 46.7 Å². The molecule has 1 aromatic heterocycles. The third-order valence-electron chi connectivity index (χ3n) is 5.22. The molecule has 0 atom stereocenters. The second kappa shape index (κ2) is 10.7. The maximum Gasteiger partial charge on any atom is 0.345 e. The van der Waals surface area contributed by atoms with Crippen molar-refractivity contribution in [3.8, 4) is 0 Å². The lowest BCUT2D eigenvalue weighted by atomic mass is 10.2. The van der Waals surface area contributed by atoms with E-state index in [9.17, 15) is 9.59 Å². The van der Waals surface area contributed by atoms with E-state index in [4.69, 9.17) is 4.74 Å². The third-order valence-corrected chi connectivity index (χ3v) is 6.41. The van der Waals surface area contributed by atoms with Crippen molar-refractivity contribution in [2.45, 2.75) is 56.7 Å². The van der Waals surface area contributed by atoms with Crippen molar-refractivity contribution in [2.24, 2.45) is 0 Å². The van der Waals surface area contributed by atoms with Crippen LogP contribution >= 0.6 is 11.8 Å². The molecule has 3 rings (SSSR count). The molecule has 0 unspecified atom stereocenters. The average Bonchev–Trinajstić information content (AvgIpc) is 2.78. The van der Waals surface area contributed by atoms with Gasteiger partial charge in [-0.15, -0.1) is 11.8 Å². The van der Waals surface area contributed by atoms with Gasteiger partial charge in [-0.05, 0) is 57.2 Å². The van der Waals surface area contributed by atoms with E-state index in [-0.39, 0.29) is 11.5 Å². The van der Waals surface area contributed by atoms with Crippen molar-refractivity contribution in [2.75, 3.05) is 18.5 Å². The Morgan fingerprint density at radius 2 is 1.84 bits per heavy atom. The number of aromatic nitrogens is 2. The van der Waals surface area contributed by atoms with E-state index >= 15 is 0 Å². The summed E-state index contributed by atoms with van der Waals surface area (Å²) in [6, 6.07) is 15.7. The number of aryl methyl sites for hydroxylation is 1. The maximum atomic E-state index is 12.9. The van der Waals surface area contributed by atoms with E-state index in [1.807, 2.05) is 73.9 Å². The molecule has 7 heteroatoms. The molecule has 0 saturated heterocycles. The largest absolute Gasteiger partial charge is 0.465 e. The van der Waals surface area contributed by atoms with Crippen molar-refractivity contribution in [3.63, 3.8) is 0 Å². The van der Waals surface area contributed by atoms with Gasteiger partial charge >= 0.3 is 11.5 Å². The van der Waals surface area contributed by atoms with Gasteiger partial charge in [0.2, 0.25) is 0 Å². The summed E-state index contributed by atoms with van der Waals surface area (Å²) in [5.41, 5.74) is 1.95. The van der Waals surface area contributed by atoms with E-state index < -0.39 is 4.75 Å². The topological polar surface area (TPSA) is 74.5 Å². The highest BCUT2D eigenvalue weighted by Gasteiger charge is 2.30. The molecule has 0 fully saturated rings. The Kier molecular flexibility index (Phi) is 7.96. The number of para-hydroxylation sites is 1. The normalized spacial score (nSPS) is 11.5. The first-order valence-corrected chi connectivity index (χ1v) is 11.9. The number of thioether (sulfide) groups is 1. The number of hydrogen-bond donors (Lipinski definition) is 1. The van der Waals surface area contributed by atoms with Crippen LogP contribution in [0.5, 0.6) is 0 Å². The molecule has 2 aromatic carbocycles. The predicted octanol–water partition coefficient (Wildman–Crippen LogP) is 4.31. The summed E-state index contributed by atoms with van der Waals surface area (Å²) in [5.74, 6) is 0.735. The molecule has 32 heavy (non-hydrogen) atoms. The number of nitrogens with zero attached hydrogens (tertiary/aromatic N) is 1. The number of ether oxygens (including phenoxy) is 1. The number of benzene rings is 2. The van der Waals surface area contributed by atoms with Crippen LogP contribution in [-0.2, 0) is 22.5 Å². The van der Waals surface area contributed by atoms with Crippen LogP contribution in [0.2, 0.25) is 0 Å². The summed E-state index contributed by atoms with van der Waals surface area (Å²) in [7, 11) is 0. The number of carbonyl (C=O) groups is 1. The van der Waals surface area contributed by atoms with Crippen LogP contribution in [0.25, 0.3) is 10.9 Å². The first-order valence-electron chi connectivity index (χ1n) is 11.1. The van der Waals surface area contributed by atoms with Crippen LogP contribution in [0.3, 0.4) is 0 Å². The number of rotatable bonds is 10. The summed E-state index contributed by atoms with van der Waals surface area (Å²) >= 11 is 1.49. The standard InChI is InChI=1S/C25H31N3O3S/c1-5-22-27-21-11-8-7-10-20(21)23(29)28(22)17-9-16-26-18-12-14-19(15-13-18)32-25(3,4)24(30)31-6-2/h7-8,10-15,26H,5-6,9,16-17H2,1-4H3/p+1. The minimum atomic E-state index is -0.633. The molecule has 0 radical (unpaired) electrons. The minimum absolute atomic E-state index is 0.0572. The fraction of sp³-hybridized carbons (Fsp3) is 0.400. The number of fused-ring (bicyclic) bond motifs is 1. The molecule has 0 aliphatic carbocycles. The molecule has 3 aromatic rings. The third kappa shape index (κ3) is 5.71. The Morgan fingerprint density at radius 3 is 2.53 bits per heavy atom. The first-order chi connectivity index (χ1) is 15.4. The predicted molar refractivity (Wildman–Crippen MR) is 130 cm³/mol. The number of nitrogens with one attached hydrogen (secondary N) is 2. The smallest absolute Gasteiger partial charge is 0.345 e. The van der Waals surface area contributed by atoms with Gasteiger partial charge in [-0.2, -0.15) is 4.57 Å². The fourth-order valence-electron chi connectivity index (χ4n) is 3.54. The van der Waals surface area contributed by atoms with Gasteiger partial charge in [0.15, 0.2) is 0 Å². The van der Waals surface area contributed by atoms with Crippen LogP contribution in [0, 0.1) is 0 Å². The van der Waals surface area contributed by atoms with Crippen molar-refractivity contribution < 1.29 is 14.5 Å². The number of carbonyl (C=O) groups excluding carboxylic acids is 1. The molecule has 6 nitrogen and oxygen atoms in total. The van der Waals surface area contributed by atoms with E-state index in [1.54, 1.807) is 0 Å².